The van der Waals surface area contributed by atoms with E-state index in [1.165, 1.54) is 0 Å². The lowest BCUT2D eigenvalue weighted by molar-refractivity contribution is 0.624. The number of rotatable bonds is 2. The number of fused-ring (bicyclic) bond motifs is 1. The summed E-state index contributed by atoms with van der Waals surface area (Å²) in [5.41, 5.74) is 2.97. The summed E-state index contributed by atoms with van der Waals surface area (Å²) in [4.78, 5) is 18.4. The minimum Gasteiger partial charge on any atom is -0.340 e. The molecule has 6 heteroatoms. The molecule has 0 fully saturated rings. The van der Waals surface area contributed by atoms with Gasteiger partial charge in [-0.2, -0.15) is 10.2 Å². The van der Waals surface area contributed by atoms with Crippen molar-refractivity contribution < 1.29 is 0 Å². The van der Waals surface area contributed by atoms with Gasteiger partial charge in [0.1, 0.15) is 5.82 Å². The summed E-state index contributed by atoms with van der Waals surface area (Å²) in [5.74, 6) is 0.570. The number of aromatic nitrogens is 2. The molecule has 3 rings (SSSR count). The van der Waals surface area contributed by atoms with Gasteiger partial charge >= 0.3 is 5.69 Å². The highest BCUT2D eigenvalue weighted by Crippen LogP contribution is 2.21. The van der Waals surface area contributed by atoms with E-state index in [0.29, 0.717) is 17.9 Å². The maximum Gasteiger partial charge on any atom is 0.347 e. The number of aromatic amines is 1. The van der Waals surface area contributed by atoms with Gasteiger partial charge in [-0.1, -0.05) is 0 Å². The van der Waals surface area contributed by atoms with Crippen molar-refractivity contribution in [3.05, 3.63) is 51.6 Å². The Morgan fingerprint density at radius 2 is 2.10 bits per heavy atom. The fourth-order valence-corrected chi connectivity index (χ4v) is 2.24. The molecule has 0 aliphatic carbocycles. The third-order valence-electron chi connectivity index (χ3n) is 3.25. The lowest BCUT2D eigenvalue weighted by Gasteiger charge is -2.19. The summed E-state index contributed by atoms with van der Waals surface area (Å²) in [6.07, 6.45) is 0.787. The smallest absolute Gasteiger partial charge is 0.340 e. The zero-order valence-electron chi connectivity index (χ0n) is 10.7. The first-order chi connectivity index (χ1) is 9.76. The van der Waals surface area contributed by atoms with E-state index in [0.717, 1.165) is 29.9 Å². The van der Waals surface area contributed by atoms with E-state index in [4.69, 9.17) is 5.26 Å². The highest BCUT2D eigenvalue weighted by atomic mass is 16.1. The van der Waals surface area contributed by atoms with Crippen molar-refractivity contribution >= 4 is 11.5 Å². The van der Waals surface area contributed by atoms with Gasteiger partial charge in [0.2, 0.25) is 0 Å². The molecule has 2 heterocycles. The number of hydrogen-bond acceptors (Lipinski definition) is 5. The highest BCUT2D eigenvalue weighted by molar-refractivity contribution is 5.61. The molecule has 0 atom stereocenters. The standard InChI is InChI=1S/C14H13N5O/c15-7-9-1-3-10(4-2-9)17-13-11-8-16-6-5-12(11)18-14(20)19-13/h1-4,16H,5-6,8H2,(H2,17,18,19,20). The Kier molecular flexibility index (Phi) is 3.19. The molecule has 6 nitrogen and oxygen atoms in total. The Morgan fingerprint density at radius 3 is 2.85 bits per heavy atom. The minimum atomic E-state index is -0.346. The fourth-order valence-electron chi connectivity index (χ4n) is 2.24. The Bertz CT molecular complexity index is 727. The molecule has 1 aromatic heterocycles. The third-order valence-corrected chi connectivity index (χ3v) is 3.25. The first-order valence-electron chi connectivity index (χ1n) is 6.36. The Labute approximate surface area is 115 Å². The van der Waals surface area contributed by atoms with E-state index >= 15 is 0 Å². The second-order valence-electron chi connectivity index (χ2n) is 4.59. The van der Waals surface area contributed by atoms with E-state index in [2.05, 4.69) is 26.7 Å². The second kappa shape index (κ2) is 5.15. The van der Waals surface area contributed by atoms with Crippen molar-refractivity contribution in [3.8, 4) is 6.07 Å². The Balaban J connectivity index is 1.95. The van der Waals surface area contributed by atoms with Crippen LogP contribution in [-0.2, 0) is 13.0 Å². The summed E-state index contributed by atoms with van der Waals surface area (Å²) in [6, 6.07) is 9.10. The molecule has 0 saturated carbocycles. The quantitative estimate of drug-likeness (QED) is 0.755. The van der Waals surface area contributed by atoms with Crippen LogP contribution in [0.3, 0.4) is 0 Å². The monoisotopic (exact) mass is 267 g/mol. The summed E-state index contributed by atoms with van der Waals surface area (Å²) in [5, 5.41) is 15.2. The van der Waals surface area contributed by atoms with Crippen LogP contribution < -0.4 is 16.3 Å². The van der Waals surface area contributed by atoms with Crippen LogP contribution in [0.5, 0.6) is 0 Å². The van der Waals surface area contributed by atoms with Gasteiger partial charge in [0.25, 0.3) is 0 Å². The average molecular weight is 267 g/mol. The van der Waals surface area contributed by atoms with Crippen LogP contribution in [0.15, 0.2) is 29.1 Å². The average Bonchev–Trinajstić information content (AvgIpc) is 2.48. The predicted octanol–water partition coefficient (Wildman–Crippen LogP) is 1.03. The van der Waals surface area contributed by atoms with Crippen molar-refractivity contribution in [2.75, 3.05) is 11.9 Å². The number of nitrogens with zero attached hydrogens (tertiary/aromatic N) is 2. The number of benzene rings is 1. The van der Waals surface area contributed by atoms with Gasteiger partial charge in [-0.15, -0.1) is 0 Å². The maximum absolute atomic E-state index is 11.6. The molecule has 20 heavy (non-hydrogen) atoms. The molecule has 0 unspecified atom stereocenters. The van der Waals surface area contributed by atoms with Crippen molar-refractivity contribution in [3.63, 3.8) is 0 Å². The largest absolute Gasteiger partial charge is 0.347 e. The first-order valence-corrected chi connectivity index (χ1v) is 6.36. The van der Waals surface area contributed by atoms with Crippen molar-refractivity contribution in [2.45, 2.75) is 13.0 Å². The minimum absolute atomic E-state index is 0.346. The Hall–Kier alpha value is -2.65. The van der Waals surface area contributed by atoms with E-state index in [1.54, 1.807) is 24.3 Å². The number of anilines is 2. The van der Waals surface area contributed by atoms with Crippen molar-refractivity contribution in [1.82, 2.24) is 15.3 Å². The van der Waals surface area contributed by atoms with E-state index in [9.17, 15) is 4.79 Å². The fraction of sp³-hybridized carbons (Fsp3) is 0.214. The number of nitriles is 1. The molecule has 1 aliphatic heterocycles. The van der Waals surface area contributed by atoms with Gasteiger partial charge < -0.3 is 15.6 Å². The summed E-state index contributed by atoms with van der Waals surface area (Å²) in [7, 11) is 0. The van der Waals surface area contributed by atoms with Gasteiger partial charge in [0.05, 0.1) is 11.6 Å². The molecule has 100 valence electrons. The second-order valence-corrected chi connectivity index (χ2v) is 4.59. The van der Waals surface area contributed by atoms with Crippen molar-refractivity contribution in [1.29, 1.82) is 5.26 Å². The molecule has 0 radical (unpaired) electrons. The van der Waals surface area contributed by atoms with E-state index in [1.807, 2.05) is 0 Å². The highest BCUT2D eigenvalue weighted by Gasteiger charge is 2.15. The first kappa shape index (κ1) is 12.4. The third kappa shape index (κ3) is 2.39. The van der Waals surface area contributed by atoms with Gasteiger partial charge in [-0.05, 0) is 24.3 Å². The van der Waals surface area contributed by atoms with E-state index < -0.39 is 0 Å². The molecule has 3 N–H and O–H groups in total. The number of H-pyrrole nitrogens is 1. The number of nitrogens with one attached hydrogen (secondary N) is 3. The summed E-state index contributed by atoms with van der Waals surface area (Å²) in [6.45, 7) is 1.53. The number of hydrogen-bond donors (Lipinski definition) is 3. The lowest BCUT2D eigenvalue weighted by atomic mass is 10.1. The van der Waals surface area contributed by atoms with Crippen molar-refractivity contribution in [2.24, 2.45) is 0 Å². The molecular formula is C14H13N5O. The van der Waals surface area contributed by atoms with Crippen LogP contribution in [0.2, 0.25) is 0 Å². The normalized spacial score (nSPS) is 13.3. The molecule has 0 spiro atoms. The van der Waals surface area contributed by atoms with Crippen LogP contribution in [0.25, 0.3) is 0 Å². The van der Waals surface area contributed by atoms with Gasteiger partial charge in [0, 0.05) is 36.5 Å². The van der Waals surface area contributed by atoms with Gasteiger partial charge in [-0.3, -0.25) is 0 Å². The van der Waals surface area contributed by atoms with Crippen LogP contribution >= 0.6 is 0 Å². The topological polar surface area (TPSA) is 93.6 Å². The molecule has 2 aromatic rings. The molecule has 1 aliphatic rings. The lowest BCUT2D eigenvalue weighted by Crippen LogP contribution is -2.29. The molecule has 0 saturated heterocycles. The van der Waals surface area contributed by atoms with Crippen LogP contribution in [0.1, 0.15) is 16.8 Å². The van der Waals surface area contributed by atoms with Crippen LogP contribution in [0.4, 0.5) is 11.5 Å². The summed E-state index contributed by atoms with van der Waals surface area (Å²) >= 11 is 0. The molecule has 1 aromatic carbocycles. The molecule has 0 amide bonds. The Morgan fingerprint density at radius 1 is 1.30 bits per heavy atom. The SMILES string of the molecule is N#Cc1ccc(Nc2nc(=O)[nH]c3c2CNCC3)cc1. The zero-order valence-corrected chi connectivity index (χ0v) is 10.7. The van der Waals surface area contributed by atoms with Gasteiger partial charge in [0.15, 0.2) is 0 Å². The summed E-state index contributed by atoms with van der Waals surface area (Å²) < 4.78 is 0. The van der Waals surface area contributed by atoms with E-state index in [-0.39, 0.29) is 5.69 Å². The van der Waals surface area contributed by atoms with Gasteiger partial charge in [-0.25, -0.2) is 4.79 Å². The molecule has 0 bridgehead atoms. The predicted molar refractivity (Wildman–Crippen MR) is 74.7 cm³/mol. The van der Waals surface area contributed by atoms with Crippen LogP contribution in [-0.4, -0.2) is 16.5 Å². The van der Waals surface area contributed by atoms with Crippen LogP contribution in [0, 0.1) is 11.3 Å². The molecular weight excluding hydrogens is 254 g/mol. The maximum atomic E-state index is 11.6. The zero-order chi connectivity index (χ0) is 13.9.